The molecule has 0 atom stereocenters. The van der Waals surface area contributed by atoms with E-state index in [4.69, 9.17) is 64.6 Å². The van der Waals surface area contributed by atoms with Crippen molar-refractivity contribution in [1.29, 1.82) is 0 Å². The lowest BCUT2D eigenvalue weighted by atomic mass is 10.1. The van der Waals surface area contributed by atoms with E-state index in [1.807, 2.05) is 79.7 Å². The number of nitro groups is 1. The van der Waals surface area contributed by atoms with E-state index in [0.717, 1.165) is 256 Å². The Labute approximate surface area is 710 Å². The molecule has 8 fully saturated rings. The molecule has 8 aliphatic rings. The molecule has 4 saturated carbocycles. The normalized spacial score (nSPS) is 16.5. The number of carbonyl (C=O) groups excluding carboxylic acids is 1. The van der Waals surface area contributed by atoms with Crippen LogP contribution in [0.3, 0.4) is 0 Å². The second-order valence-electron chi connectivity index (χ2n) is 32.0. The van der Waals surface area contributed by atoms with Gasteiger partial charge in [0.05, 0.1) is 78.2 Å². The van der Waals surface area contributed by atoms with Crippen molar-refractivity contribution in [1.82, 2.24) is 39.9 Å². The molecule has 25 nitrogen and oxygen atoms in total. The molecule has 4 aromatic heterocycles. The van der Waals surface area contributed by atoms with E-state index in [2.05, 4.69) is 132 Å². The van der Waals surface area contributed by atoms with Gasteiger partial charge in [0.15, 0.2) is 0 Å². The maximum absolute atomic E-state index is 11.3. The molecule has 630 valence electrons. The van der Waals surface area contributed by atoms with Gasteiger partial charge in [-0.2, -0.15) is 0 Å². The minimum Gasteiger partial charge on any atom is -0.495 e. The van der Waals surface area contributed by atoms with Gasteiger partial charge < -0.3 is 68.7 Å². The number of anilines is 9. The average Bonchev–Trinajstić information content (AvgIpc) is 1.13. The molecule has 20 rings (SSSR count). The van der Waals surface area contributed by atoms with E-state index in [-0.39, 0.29) is 18.0 Å². The van der Waals surface area contributed by atoms with Crippen molar-refractivity contribution in [2.45, 2.75) is 122 Å². The SMILES string of the molecule is C.CCC=O.CCc1ccc2nc(C3CC3)nc(N3CCN(c4ccccc4OC)CC3)c2c1.CCc1ccc2nc(C3CC3)nc(N3CCN(c4ccccc4OC)CC3)c2c1.COc1ccccc1N1CCN(c2nc(C3CC3)nc3ccc(N)cc23)CC1.COc1ccccc1N1CCN(c2nc(C3CC3)nc3ccc([N+](=O)[O-])cc23)CC1. The number of rotatable bonds is 20. The van der Waals surface area contributed by atoms with E-state index in [1.165, 1.54) is 77.9 Å². The predicted molar refractivity (Wildman–Crippen MR) is 489 cm³/mol. The molecule has 4 saturated heterocycles. The Kier molecular flexibility index (Phi) is 26.5. The van der Waals surface area contributed by atoms with Crippen molar-refractivity contribution in [2.75, 3.05) is 178 Å². The van der Waals surface area contributed by atoms with Crippen LogP contribution >= 0.6 is 0 Å². The number of methoxy groups -OCH3 is 4. The van der Waals surface area contributed by atoms with Crippen LogP contribution < -0.4 is 63.9 Å². The van der Waals surface area contributed by atoms with Crippen LogP contribution in [-0.2, 0) is 17.6 Å². The van der Waals surface area contributed by atoms with Crippen LogP contribution in [0.25, 0.3) is 43.6 Å². The number of benzene rings is 8. The van der Waals surface area contributed by atoms with Crippen molar-refractivity contribution in [3.8, 4) is 23.0 Å². The summed E-state index contributed by atoms with van der Waals surface area (Å²) in [4.78, 5) is 78.4. The first kappa shape index (κ1) is 83.6. The van der Waals surface area contributed by atoms with Crippen LogP contribution in [0.2, 0.25) is 0 Å². The predicted octanol–water partition coefficient (Wildman–Crippen LogP) is 17.2. The fourth-order valence-corrected chi connectivity index (χ4v) is 16.4. The fourth-order valence-electron chi connectivity index (χ4n) is 16.4. The molecule has 0 unspecified atom stereocenters. The molecule has 8 aromatic carbocycles. The second-order valence-corrected chi connectivity index (χ2v) is 32.0. The highest BCUT2D eigenvalue weighted by Crippen LogP contribution is 2.46. The number of aryl methyl sites for hydroxylation is 2. The number of nitro benzene ring substituents is 1. The summed E-state index contributed by atoms with van der Waals surface area (Å²) < 4.78 is 22.2. The largest absolute Gasteiger partial charge is 0.495 e. The summed E-state index contributed by atoms with van der Waals surface area (Å²) in [6.07, 6.45) is 13.1. The Hall–Kier alpha value is -12.4. The summed E-state index contributed by atoms with van der Waals surface area (Å²) in [6.45, 7) is 20.7. The lowest BCUT2D eigenvalue weighted by Gasteiger charge is -2.37. The van der Waals surface area contributed by atoms with Gasteiger partial charge in [-0.05, 0) is 172 Å². The van der Waals surface area contributed by atoms with Gasteiger partial charge in [-0.1, -0.05) is 88.9 Å². The third kappa shape index (κ3) is 19.4. The average molecular weight is 1630 g/mol. The van der Waals surface area contributed by atoms with Crippen LogP contribution in [-0.4, -0.2) is 184 Å². The van der Waals surface area contributed by atoms with Crippen molar-refractivity contribution < 1.29 is 28.7 Å². The van der Waals surface area contributed by atoms with E-state index in [1.54, 1.807) is 40.6 Å². The first-order chi connectivity index (χ1) is 58.8. The molecule has 25 heteroatoms. The monoisotopic (exact) mass is 1630 g/mol. The third-order valence-corrected chi connectivity index (χ3v) is 23.9. The van der Waals surface area contributed by atoms with Crippen LogP contribution in [0, 0.1) is 10.1 Å². The zero-order valence-corrected chi connectivity index (χ0v) is 70.2. The van der Waals surface area contributed by atoms with E-state index >= 15 is 0 Å². The number of piperazine rings is 4. The number of para-hydroxylation sites is 8. The fraction of sp³-hybridized carbons (Fsp3) is 0.406. The third-order valence-electron chi connectivity index (χ3n) is 23.9. The molecule has 4 aliphatic carbocycles. The first-order valence-corrected chi connectivity index (χ1v) is 42.9. The van der Waals surface area contributed by atoms with Gasteiger partial charge in [-0.25, -0.2) is 39.9 Å². The number of nitrogens with zero attached hydrogens (tertiary/aromatic N) is 17. The summed E-state index contributed by atoms with van der Waals surface area (Å²) in [6, 6.07) is 57.0. The van der Waals surface area contributed by atoms with Gasteiger partial charge in [0, 0.05) is 174 Å². The Bertz CT molecular complexity index is 5430. The highest BCUT2D eigenvalue weighted by molar-refractivity contribution is 5.94. The zero-order valence-electron chi connectivity index (χ0n) is 70.2. The summed E-state index contributed by atoms with van der Waals surface area (Å²) >= 11 is 0. The summed E-state index contributed by atoms with van der Waals surface area (Å²) in [7, 11) is 6.90. The lowest BCUT2D eigenvalue weighted by Crippen LogP contribution is -2.47. The van der Waals surface area contributed by atoms with Crippen LogP contribution in [0.4, 0.5) is 57.4 Å². The van der Waals surface area contributed by atoms with Crippen molar-refractivity contribution >= 4 is 107 Å². The Balaban J connectivity index is 0.000000123. The molecule has 0 bridgehead atoms. The lowest BCUT2D eigenvalue weighted by molar-refractivity contribution is -0.384. The van der Waals surface area contributed by atoms with Gasteiger partial charge in [-0.15, -0.1) is 0 Å². The van der Waals surface area contributed by atoms with Gasteiger partial charge >= 0.3 is 0 Å². The molecule has 8 heterocycles. The van der Waals surface area contributed by atoms with Gasteiger partial charge in [-0.3, -0.25) is 10.1 Å². The maximum Gasteiger partial charge on any atom is 0.270 e. The maximum atomic E-state index is 11.3. The van der Waals surface area contributed by atoms with Crippen LogP contribution in [0.5, 0.6) is 23.0 Å². The summed E-state index contributed by atoms with van der Waals surface area (Å²) in [5.74, 6) is 13.7. The topological polar surface area (TPSA) is 252 Å². The Morgan fingerprint density at radius 2 is 0.603 bits per heavy atom. The van der Waals surface area contributed by atoms with Gasteiger partial charge in [0.2, 0.25) is 0 Å². The van der Waals surface area contributed by atoms with E-state index in [9.17, 15) is 14.9 Å². The molecule has 4 aliphatic heterocycles. The molecule has 0 radical (unpaired) electrons. The Morgan fingerprint density at radius 1 is 0.355 bits per heavy atom. The molecule has 2 N–H and O–H groups in total. The molecule has 0 amide bonds. The first-order valence-electron chi connectivity index (χ1n) is 42.9. The standard InChI is InChI=1S/2C24H28N4O.C22H23N5O3.C22H25N5O.C3H6O.CH4/c2*1-3-17-8-11-20-19(16-17)24(26-23(25-20)18-9-10-18)28-14-12-27(13-15-28)21-6-4-5-7-22(21)29-2;1-30-20-5-3-2-4-19(20)25-10-12-26(13-11-25)22-17-14-16(27(28)29)8-9-18(17)23-21(24-22)15-6-7-15;1-28-20-5-3-2-4-19(20)26-10-12-27(13-11-26)22-17-14-16(23)8-9-18(17)24-21(25-22)15-6-7-15;1-2-3-4;/h2*4-8,11,16,18H,3,9-10,12-15H2,1-2H3;2-5,8-9,14-15H,6-7,10-13H2,1H3;2-5,8-9,14-15H,6-7,10-13,23H2,1H3;3H,2H2,1H3;1H4. The van der Waals surface area contributed by atoms with Gasteiger partial charge in [0.1, 0.15) is 75.9 Å². The summed E-state index contributed by atoms with van der Waals surface area (Å²) in [5, 5.41) is 15.5. The number of carbonyl (C=O) groups is 1. The molecule has 121 heavy (non-hydrogen) atoms. The number of nitrogen functional groups attached to an aromatic ring is 1. The number of ether oxygens (including phenoxy) is 4. The second kappa shape index (κ2) is 38.3. The highest BCUT2D eigenvalue weighted by atomic mass is 16.6. The number of hydrogen-bond donors (Lipinski definition) is 1. The van der Waals surface area contributed by atoms with Crippen molar-refractivity contribution in [3.63, 3.8) is 0 Å². The minimum absolute atomic E-state index is 0. The van der Waals surface area contributed by atoms with E-state index in [0.29, 0.717) is 30.1 Å². The van der Waals surface area contributed by atoms with Gasteiger partial charge in [0.25, 0.3) is 5.69 Å². The number of fused-ring (bicyclic) bond motifs is 4. The zero-order chi connectivity index (χ0) is 82.8. The van der Waals surface area contributed by atoms with Crippen molar-refractivity contribution in [2.24, 2.45) is 0 Å². The smallest absolute Gasteiger partial charge is 0.270 e. The highest BCUT2D eigenvalue weighted by Gasteiger charge is 2.35. The number of non-ortho nitro benzene ring substituents is 1. The molecular weight excluding hydrogens is 1520 g/mol. The Morgan fingerprint density at radius 3 is 0.860 bits per heavy atom. The van der Waals surface area contributed by atoms with Crippen molar-refractivity contribution in [3.05, 3.63) is 214 Å². The number of aldehydes is 1. The number of nitrogens with two attached hydrogens (primary N) is 1. The van der Waals surface area contributed by atoms with E-state index < -0.39 is 0 Å². The minimum atomic E-state index is -0.363. The molecule has 0 spiro atoms. The number of aromatic nitrogens is 8. The quantitative estimate of drug-likeness (QED) is 0.0322. The van der Waals surface area contributed by atoms with Crippen LogP contribution in [0.1, 0.15) is 144 Å². The molecule has 12 aromatic rings. The summed E-state index contributed by atoms with van der Waals surface area (Å²) in [5.41, 5.74) is 18.1. The van der Waals surface area contributed by atoms with Crippen LogP contribution in [0.15, 0.2) is 170 Å². The molecular formula is C96H114N18O7. The number of hydrogen-bond acceptors (Lipinski definition) is 24.